The first-order valence-electron chi connectivity index (χ1n) is 14.4. The van der Waals surface area contributed by atoms with Crippen molar-refractivity contribution in [2.75, 3.05) is 13.2 Å². The van der Waals surface area contributed by atoms with Crippen molar-refractivity contribution in [2.45, 2.75) is 161 Å². The van der Waals surface area contributed by atoms with Crippen LogP contribution in [-0.2, 0) is 18.3 Å². The van der Waals surface area contributed by atoms with Gasteiger partial charge in [0.2, 0.25) is 0 Å². The van der Waals surface area contributed by atoms with Gasteiger partial charge in [-0.25, -0.2) is 0 Å². The highest BCUT2D eigenvalue weighted by Gasteiger charge is 2.42. The van der Waals surface area contributed by atoms with Crippen molar-refractivity contribution in [3.8, 4) is 0 Å². The molecule has 0 bridgehead atoms. The molecule has 2 aliphatic rings. The number of rotatable bonds is 13. The van der Waals surface area contributed by atoms with E-state index in [1.54, 1.807) is 0 Å². The van der Waals surface area contributed by atoms with Crippen LogP contribution in [0.15, 0.2) is 11.6 Å². The zero-order valence-corrected chi connectivity index (χ0v) is 26.9. The highest BCUT2D eigenvalue weighted by atomic mass is 28.4. The molecule has 0 aromatic rings. The Kier molecular flexibility index (Phi) is 11.8. The fourth-order valence-corrected chi connectivity index (χ4v) is 6.69. The van der Waals surface area contributed by atoms with Crippen LogP contribution in [0.4, 0.5) is 0 Å². The normalized spacial score (nSPS) is 24.6. The van der Waals surface area contributed by atoms with E-state index in [1.165, 1.54) is 44.1 Å². The Bertz CT molecular complexity index is 655. The SMILES string of the molecule is CC(C)(C)[Si](C)(C)OCCCCCCCC1=CC(OC2CCCCO2)CC1O[Si](C)(C)C(C)(C)C. The van der Waals surface area contributed by atoms with E-state index in [0.29, 0.717) is 5.04 Å². The van der Waals surface area contributed by atoms with Crippen molar-refractivity contribution in [3.63, 3.8) is 0 Å². The summed E-state index contributed by atoms with van der Waals surface area (Å²) < 4.78 is 25.5. The third-order valence-electron chi connectivity index (χ3n) is 8.85. The Morgan fingerprint density at radius 1 is 0.857 bits per heavy atom. The van der Waals surface area contributed by atoms with E-state index in [9.17, 15) is 0 Å². The molecule has 0 radical (unpaired) electrons. The second-order valence-electron chi connectivity index (χ2n) is 13.9. The van der Waals surface area contributed by atoms with E-state index in [4.69, 9.17) is 18.3 Å². The molecule has 1 fully saturated rings. The van der Waals surface area contributed by atoms with E-state index in [1.807, 2.05) is 0 Å². The summed E-state index contributed by atoms with van der Waals surface area (Å²) in [5, 5.41) is 0.520. The Balaban J connectivity index is 1.79. The van der Waals surface area contributed by atoms with E-state index >= 15 is 0 Å². The lowest BCUT2D eigenvalue weighted by molar-refractivity contribution is -0.179. The van der Waals surface area contributed by atoms with Gasteiger partial charge >= 0.3 is 0 Å². The molecule has 0 N–H and O–H groups in total. The van der Waals surface area contributed by atoms with Gasteiger partial charge in [-0.15, -0.1) is 0 Å². The van der Waals surface area contributed by atoms with E-state index in [2.05, 4.69) is 73.8 Å². The largest absolute Gasteiger partial charge is 0.417 e. The molecule has 1 aliphatic heterocycles. The monoisotopic (exact) mass is 526 g/mol. The summed E-state index contributed by atoms with van der Waals surface area (Å²) in [6, 6.07) is 0. The molecular weight excluding hydrogens is 468 g/mol. The molecule has 0 saturated carbocycles. The number of unbranched alkanes of at least 4 members (excludes halogenated alkanes) is 4. The Labute approximate surface area is 220 Å². The number of hydrogen-bond acceptors (Lipinski definition) is 4. The molecule has 6 heteroatoms. The molecule has 0 spiro atoms. The van der Waals surface area contributed by atoms with Crippen molar-refractivity contribution in [1.29, 1.82) is 0 Å². The van der Waals surface area contributed by atoms with Crippen LogP contribution in [0.1, 0.15) is 106 Å². The highest BCUT2D eigenvalue weighted by Crippen LogP contribution is 2.41. The molecule has 206 valence electrons. The molecule has 3 unspecified atom stereocenters. The molecule has 2 rings (SSSR count). The molecule has 1 aliphatic carbocycles. The van der Waals surface area contributed by atoms with Gasteiger partial charge in [0.15, 0.2) is 22.9 Å². The summed E-state index contributed by atoms with van der Waals surface area (Å²) in [4.78, 5) is 0. The Morgan fingerprint density at radius 3 is 2.09 bits per heavy atom. The van der Waals surface area contributed by atoms with Crippen molar-refractivity contribution >= 4 is 16.6 Å². The summed E-state index contributed by atoms with van der Waals surface area (Å²) in [7, 11) is -3.43. The van der Waals surface area contributed by atoms with Crippen LogP contribution in [0.3, 0.4) is 0 Å². The average molecular weight is 527 g/mol. The summed E-state index contributed by atoms with van der Waals surface area (Å²) in [5.41, 5.74) is 1.47. The van der Waals surface area contributed by atoms with Gasteiger partial charge in [-0.3, -0.25) is 0 Å². The summed E-state index contributed by atoms with van der Waals surface area (Å²) in [6.07, 6.45) is 14.4. The zero-order valence-electron chi connectivity index (χ0n) is 24.9. The smallest absolute Gasteiger partial charge is 0.192 e. The van der Waals surface area contributed by atoms with Crippen molar-refractivity contribution in [2.24, 2.45) is 0 Å². The quantitative estimate of drug-likeness (QED) is 0.136. The maximum Gasteiger partial charge on any atom is 0.192 e. The molecule has 0 aromatic carbocycles. The minimum absolute atomic E-state index is 0.0357. The van der Waals surface area contributed by atoms with Crippen molar-refractivity contribution in [3.05, 3.63) is 11.6 Å². The van der Waals surface area contributed by atoms with Crippen LogP contribution in [0.5, 0.6) is 0 Å². The third-order valence-corrected chi connectivity index (χ3v) is 17.9. The number of hydrogen-bond donors (Lipinski definition) is 0. The van der Waals surface area contributed by atoms with Gasteiger partial charge in [-0.05, 0) is 80.4 Å². The van der Waals surface area contributed by atoms with E-state index in [0.717, 1.165) is 38.9 Å². The Morgan fingerprint density at radius 2 is 1.49 bits per heavy atom. The highest BCUT2D eigenvalue weighted by molar-refractivity contribution is 6.74. The minimum Gasteiger partial charge on any atom is -0.417 e. The first kappa shape index (κ1) is 31.2. The molecule has 4 nitrogen and oxygen atoms in total. The van der Waals surface area contributed by atoms with E-state index < -0.39 is 16.6 Å². The molecule has 35 heavy (non-hydrogen) atoms. The number of ether oxygens (including phenoxy) is 2. The molecular formula is C29H58O4Si2. The standard InChI is InChI=1S/C29H58O4Si2/c1-28(2,3)34(7,8)31-21-16-13-11-12-14-18-24-22-25(32-27-19-15-17-20-30-27)23-26(24)33-35(9,10)29(4,5)6/h22,25-27H,11-21,23H2,1-10H3. The first-order valence-corrected chi connectivity index (χ1v) is 20.2. The van der Waals surface area contributed by atoms with Crippen LogP contribution in [0, 0.1) is 0 Å². The van der Waals surface area contributed by atoms with Crippen LogP contribution in [0.2, 0.25) is 36.3 Å². The predicted molar refractivity (Wildman–Crippen MR) is 154 cm³/mol. The second kappa shape index (κ2) is 13.2. The van der Waals surface area contributed by atoms with Gasteiger partial charge in [-0.1, -0.05) is 66.9 Å². The maximum absolute atomic E-state index is 6.90. The predicted octanol–water partition coefficient (Wildman–Crippen LogP) is 8.98. The lowest BCUT2D eigenvalue weighted by atomic mass is 10.0. The molecule has 3 atom stereocenters. The van der Waals surface area contributed by atoms with Crippen LogP contribution in [-0.4, -0.2) is 48.3 Å². The third kappa shape index (κ3) is 10.0. The minimum atomic E-state index is -1.83. The van der Waals surface area contributed by atoms with Gasteiger partial charge in [-0.2, -0.15) is 0 Å². The molecule has 0 aromatic heterocycles. The first-order chi connectivity index (χ1) is 16.1. The van der Waals surface area contributed by atoms with Crippen LogP contribution < -0.4 is 0 Å². The maximum atomic E-state index is 6.90. The second-order valence-corrected chi connectivity index (χ2v) is 23.5. The van der Waals surface area contributed by atoms with Crippen molar-refractivity contribution < 1.29 is 18.3 Å². The Hall–Kier alpha value is 0.0138. The van der Waals surface area contributed by atoms with Gasteiger partial charge in [0, 0.05) is 19.6 Å². The lowest BCUT2D eigenvalue weighted by Crippen LogP contribution is -2.44. The van der Waals surface area contributed by atoms with Gasteiger partial charge < -0.3 is 18.3 Å². The van der Waals surface area contributed by atoms with Crippen molar-refractivity contribution in [1.82, 2.24) is 0 Å². The average Bonchev–Trinajstić information content (AvgIpc) is 3.09. The summed E-state index contributed by atoms with van der Waals surface area (Å²) in [5.74, 6) is 0. The van der Waals surface area contributed by atoms with Gasteiger partial charge in [0.1, 0.15) is 0 Å². The van der Waals surface area contributed by atoms with Gasteiger partial charge in [0.25, 0.3) is 0 Å². The topological polar surface area (TPSA) is 36.9 Å². The van der Waals surface area contributed by atoms with Crippen LogP contribution in [0.25, 0.3) is 0 Å². The van der Waals surface area contributed by atoms with E-state index in [-0.39, 0.29) is 23.5 Å². The van der Waals surface area contributed by atoms with Gasteiger partial charge in [0.05, 0.1) is 12.2 Å². The fraction of sp³-hybridized carbons (Fsp3) is 0.931. The lowest BCUT2D eigenvalue weighted by Gasteiger charge is -2.39. The zero-order chi connectivity index (χ0) is 26.3. The van der Waals surface area contributed by atoms with Crippen LogP contribution >= 0.6 is 0 Å². The fourth-order valence-electron chi connectivity index (χ4n) is 4.29. The molecule has 0 amide bonds. The molecule has 1 heterocycles. The summed E-state index contributed by atoms with van der Waals surface area (Å²) >= 11 is 0. The molecule has 1 saturated heterocycles. The summed E-state index contributed by atoms with van der Waals surface area (Å²) in [6.45, 7) is 25.1.